The van der Waals surface area contributed by atoms with E-state index in [1.165, 1.54) is 34.0 Å². The second-order valence-corrected chi connectivity index (χ2v) is 5.17. The minimum Gasteiger partial charge on any atom is -0.330 e. The van der Waals surface area contributed by atoms with Crippen LogP contribution >= 0.6 is 15.9 Å². The molecule has 0 aromatic heterocycles. The van der Waals surface area contributed by atoms with Gasteiger partial charge >= 0.3 is 0 Å². The minimum absolute atomic E-state index is 0.287. The Morgan fingerprint density at radius 3 is 2.36 bits per heavy atom. The smallest absolute Gasteiger partial charge is 0.0245 e. The van der Waals surface area contributed by atoms with Crippen LogP contribution in [0, 0.1) is 13.8 Å². The molecule has 1 aliphatic rings. The van der Waals surface area contributed by atoms with Crippen molar-refractivity contribution in [3.63, 3.8) is 0 Å². The largest absolute Gasteiger partial charge is 0.330 e. The van der Waals surface area contributed by atoms with Gasteiger partial charge in [-0.05, 0) is 43.4 Å². The first-order valence-corrected chi connectivity index (χ1v) is 5.86. The number of benzene rings is 1. The average Bonchev–Trinajstić information content (AvgIpc) is 2.93. The van der Waals surface area contributed by atoms with Crippen molar-refractivity contribution in [2.24, 2.45) is 5.73 Å². The van der Waals surface area contributed by atoms with Crippen LogP contribution < -0.4 is 5.73 Å². The zero-order valence-corrected chi connectivity index (χ0v) is 10.3. The summed E-state index contributed by atoms with van der Waals surface area (Å²) in [6.07, 6.45) is 2.48. The normalized spacial score (nSPS) is 18.3. The Hall–Kier alpha value is -0.340. The predicted molar refractivity (Wildman–Crippen MR) is 63.6 cm³/mol. The van der Waals surface area contributed by atoms with E-state index in [1.54, 1.807) is 0 Å². The molecule has 0 bridgehead atoms. The van der Waals surface area contributed by atoms with E-state index in [0.717, 1.165) is 6.54 Å². The van der Waals surface area contributed by atoms with Crippen LogP contribution in [-0.4, -0.2) is 6.54 Å². The molecule has 2 heteroatoms. The first-order chi connectivity index (χ1) is 6.60. The third kappa shape index (κ3) is 1.41. The van der Waals surface area contributed by atoms with Crippen molar-refractivity contribution in [1.82, 2.24) is 0 Å². The van der Waals surface area contributed by atoms with Gasteiger partial charge in [0.25, 0.3) is 0 Å². The van der Waals surface area contributed by atoms with Crippen LogP contribution in [0.4, 0.5) is 0 Å². The zero-order chi connectivity index (χ0) is 10.3. The first-order valence-electron chi connectivity index (χ1n) is 5.07. The van der Waals surface area contributed by atoms with Crippen LogP contribution in [0.25, 0.3) is 0 Å². The highest BCUT2D eigenvalue weighted by Crippen LogP contribution is 2.51. The second kappa shape index (κ2) is 3.35. The summed E-state index contributed by atoms with van der Waals surface area (Å²) in [7, 11) is 0. The summed E-state index contributed by atoms with van der Waals surface area (Å²) < 4.78 is 1.26. The van der Waals surface area contributed by atoms with Gasteiger partial charge < -0.3 is 5.73 Å². The van der Waals surface area contributed by atoms with Gasteiger partial charge in [-0.3, -0.25) is 0 Å². The quantitative estimate of drug-likeness (QED) is 0.862. The van der Waals surface area contributed by atoms with Crippen LogP contribution in [0.15, 0.2) is 16.6 Å². The highest BCUT2D eigenvalue weighted by molar-refractivity contribution is 9.10. The molecule has 0 aliphatic heterocycles. The van der Waals surface area contributed by atoms with Crippen molar-refractivity contribution < 1.29 is 0 Å². The fraction of sp³-hybridized carbons (Fsp3) is 0.500. The van der Waals surface area contributed by atoms with Crippen molar-refractivity contribution in [3.05, 3.63) is 33.3 Å². The second-order valence-electron chi connectivity index (χ2n) is 4.37. The Bertz CT molecular complexity index is 367. The van der Waals surface area contributed by atoms with Crippen molar-refractivity contribution >= 4 is 15.9 Å². The van der Waals surface area contributed by atoms with Gasteiger partial charge in [0.05, 0.1) is 0 Å². The monoisotopic (exact) mass is 253 g/mol. The fourth-order valence-corrected chi connectivity index (χ4v) is 3.00. The molecule has 76 valence electrons. The van der Waals surface area contributed by atoms with Crippen molar-refractivity contribution in [1.29, 1.82) is 0 Å². The van der Waals surface area contributed by atoms with Crippen molar-refractivity contribution in [3.8, 4) is 0 Å². The molecule has 0 unspecified atom stereocenters. The molecule has 0 radical (unpaired) electrons. The zero-order valence-electron chi connectivity index (χ0n) is 8.73. The van der Waals surface area contributed by atoms with Crippen molar-refractivity contribution in [2.45, 2.75) is 32.1 Å². The first kappa shape index (κ1) is 10.2. The Kier molecular flexibility index (Phi) is 2.44. The van der Waals surface area contributed by atoms with E-state index in [-0.39, 0.29) is 5.41 Å². The number of rotatable bonds is 2. The summed E-state index contributed by atoms with van der Waals surface area (Å²) in [6, 6.07) is 4.36. The number of aryl methyl sites for hydroxylation is 2. The maximum atomic E-state index is 5.87. The van der Waals surface area contributed by atoms with E-state index in [1.807, 2.05) is 0 Å². The molecule has 0 amide bonds. The van der Waals surface area contributed by atoms with Gasteiger partial charge in [0, 0.05) is 16.4 Å². The third-order valence-electron chi connectivity index (χ3n) is 3.32. The summed E-state index contributed by atoms with van der Waals surface area (Å²) in [5.41, 5.74) is 10.3. The molecular formula is C12H16BrN. The summed E-state index contributed by atoms with van der Waals surface area (Å²) >= 11 is 3.69. The van der Waals surface area contributed by atoms with Crippen LogP contribution in [0.3, 0.4) is 0 Å². The summed E-state index contributed by atoms with van der Waals surface area (Å²) in [4.78, 5) is 0. The molecule has 0 saturated heterocycles. The molecule has 2 rings (SSSR count). The molecule has 0 atom stereocenters. The lowest BCUT2D eigenvalue weighted by Gasteiger charge is -2.19. The summed E-state index contributed by atoms with van der Waals surface area (Å²) in [6.45, 7) is 5.09. The fourth-order valence-electron chi connectivity index (χ4n) is 2.13. The highest BCUT2D eigenvalue weighted by Gasteiger charge is 2.45. The molecule has 1 saturated carbocycles. The molecule has 14 heavy (non-hydrogen) atoms. The van der Waals surface area contributed by atoms with Crippen molar-refractivity contribution in [2.75, 3.05) is 6.54 Å². The molecular weight excluding hydrogens is 238 g/mol. The van der Waals surface area contributed by atoms with Gasteiger partial charge in [0.15, 0.2) is 0 Å². The van der Waals surface area contributed by atoms with E-state index in [9.17, 15) is 0 Å². The molecule has 1 aliphatic carbocycles. The number of hydrogen-bond donors (Lipinski definition) is 1. The van der Waals surface area contributed by atoms with Gasteiger partial charge in [-0.1, -0.05) is 28.1 Å². The van der Waals surface area contributed by atoms with Gasteiger partial charge in [0.2, 0.25) is 0 Å². The SMILES string of the molecule is Cc1ccc(C)c(C2(CN)CC2)c1Br. The van der Waals surface area contributed by atoms with Crippen LogP contribution in [0.5, 0.6) is 0 Å². The maximum Gasteiger partial charge on any atom is 0.0245 e. The molecule has 2 N–H and O–H groups in total. The molecule has 0 heterocycles. The van der Waals surface area contributed by atoms with E-state index in [4.69, 9.17) is 5.73 Å². The Morgan fingerprint density at radius 2 is 1.86 bits per heavy atom. The van der Waals surface area contributed by atoms with E-state index in [0.29, 0.717) is 0 Å². The lowest BCUT2D eigenvalue weighted by molar-refractivity contribution is 0.694. The van der Waals surface area contributed by atoms with Crippen LogP contribution in [0.1, 0.15) is 29.5 Å². The van der Waals surface area contributed by atoms with Crippen LogP contribution in [0.2, 0.25) is 0 Å². The standard InChI is InChI=1S/C12H16BrN/c1-8-3-4-9(2)11(13)10(8)12(7-14)5-6-12/h3-4H,5-7,14H2,1-2H3. The number of hydrogen-bond acceptors (Lipinski definition) is 1. The van der Waals surface area contributed by atoms with Gasteiger partial charge in [-0.15, -0.1) is 0 Å². The van der Waals surface area contributed by atoms with E-state index >= 15 is 0 Å². The third-order valence-corrected chi connectivity index (χ3v) is 4.34. The lowest BCUT2D eigenvalue weighted by atomic mass is 9.90. The lowest BCUT2D eigenvalue weighted by Crippen LogP contribution is -2.21. The van der Waals surface area contributed by atoms with Crippen LogP contribution in [-0.2, 0) is 5.41 Å². The molecule has 0 spiro atoms. The Balaban J connectivity index is 2.57. The summed E-state index contributed by atoms with van der Waals surface area (Å²) in [5.74, 6) is 0. The maximum absolute atomic E-state index is 5.87. The van der Waals surface area contributed by atoms with E-state index < -0.39 is 0 Å². The molecule has 1 fully saturated rings. The van der Waals surface area contributed by atoms with Gasteiger partial charge in [-0.25, -0.2) is 0 Å². The number of halogens is 1. The highest BCUT2D eigenvalue weighted by atomic mass is 79.9. The Labute approximate surface area is 93.8 Å². The average molecular weight is 254 g/mol. The predicted octanol–water partition coefficient (Wildman–Crippen LogP) is 3.06. The molecule has 1 nitrogen and oxygen atoms in total. The molecule has 1 aromatic rings. The Morgan fingerprint density at radius 1 is 1.29 bits per heavy atom. The topological polar surface area (TPSA) is 26.0 Å². The van der Waals surface area contributed by atoms with Gasteiger partial charge in [0.1, 0.15) is 0 Å². The van der Waals surface area contributed by atoms with E-state index in [2.05, 4.69) is 41.9 Å². The minimum atomic E-state index is 0.287. The summed E-state index contributed by atoms with van der Waals surface area (Å²) in [5, 5.41) is 0. The van der Waals surface area contributed by atoms with Gasteiger partial charge in [-0.2, -0.15) is 0 Å². The molecule has 1 aromatic carbocycles. The number of nitrogens with two attached hydrogens (primary N) is 1.